The molecule has 0 bridgehead atoms. The maximum Gasteiger partial charge on any atom is 0.244 e. The number of hydrogen-bond donors (Lipinski definition) is 2. The van der Waals surface area contributed by atoms with Gasteiger partial charge in [0, 0.05) is 0 Å². The van der Waals surface area contributed by atoms with Crippen LogP contribution in [0.4, 0.5) is 0 Å². The van der Waals surface area contributed by atoms with Crippen molar-refractivity contribution in [2.75, 3.05) is 6.54 Å². The summed E-state index contributed by atoms with van der Waals surface area (Å²) >= 11 is 0. The Labute approximate surface area is 82.0 Å². The first-order chi connectivity index (χ1) is 6.56. The van der Waals surface area contributed by atoms with Crippen LogP contribution in [-0.2, 0) is 4.79 Å². The number of Topliss-reactive ketones (excluding diaryl/α,β-unsaturated/α-hetero) is 1. The maximum atomic E-state index is 11.4. The molecule has 1 aliphatic carbocycles. The lowest BCUT2D eigenvalue weighted by Gasteiger charge is -2.20. The molecule has 3 N–H and O–H groups in total. The zero-order chi connectivity index (χ0) is 10.7. The highest BCUT2D eigenvalue weighted by Crippen LogP contribution is 2.16. The normalized spacial score (nSPS) is 15.7. The summed E-state index contributed by atoms with van der Waals surface area (Å²) in [6, 6.07) is 0. The zero-order valence-corrected chi connectivity index (χ0v) is 7.53. The van der Waals surface area contributed by atoms with Crippen molar-refractivity contribution < 1.29 is 9.90 Å². The van der Waals surface area contributed by atoms with E-state index in [2.05, 4.69) is 12.5 Å². The number of allylic oxidation sites excluding steroid dienone is 3. The molecule has 0 saturated heterocycles. The number of hydrazine groups is 1. The third kappa shape index (κ3) is 1.84. The fourth-order valence-electron chi connectivity index (χ4n) is 1.05. The summed E-state index contributed by atoms with van der Waals surface area (Å²) < 4.78 is 0. The van der Waals surface area contributed by atoms with Crippen molar-refractivity contribution >= 4 is 5.78 Å². The molecule has 4 heteroatoms. The molecule has 0 aromatic rings. The lowest BCUT2D eigenvalue weighted by Crippen LogP contribution is -2.35. The third-order valence-electron chi connectivity index (χ3n) is 1.68. The molecular formula is C10H10N2O2. The number of nitrogens with zero attached hydrogens (tertiary/aromatic N) is 1. The molecule has 0 amide bonds. The minimum Gasteiger partial charge on any atom is -0.504 e. The quantitative estimate of drug-likeness (QED) is 0.372. The van der Waals surface area contributed by atoms with Crippen LogP contribution in [0, 0.1) is 12.3 Å². The second kappa shape index (κ2) is 3.81. The topological polar surface area (TPSA) is 66.6 Å². The number of nitrogens with two attached hydrogens (primary N) is 1. The van der Waals surface area contributed by atoms with Gasteiger partial charge in [-0.05, 0) is 17.7 Å². The van der Waals surface area contributed by atoms with Gasteiger partial charge in [-0.25, -0.2) is 5.84 Å². The van der Waals surface area contributed by atoms with Gasteiger partial charge in [-0.15, -0.1) is 6.42 Å². The molecule has 0 heterocycles. The lowest BCUT2D eigenvalue weighted by atomic mass is 10.1. The van der Waals surface area contributed by atoms with Crippen LogP contribution >= 0.6 is 0 Å². The van der Waals surface area contributed by atoms with Gasteiger partial charge in [0.15, 0.2) is 5.76 Å². The van der Waals surface area contributed by atoms with E-state index in [9.17, 15) is 9.90 Å². The first-order valence-corrected chi connectivity index (χ1v) is 3.88. The average molecular weight is 190 g/mol. The molecule has 0 spiro atoms. The van der Waals surface area contributed by atoms with Crippen molar-refractivity contribution in [1.82, 2.24) is 5.01 Å². The van der Waals surface area contributed by atoms with Crippen LogP contribution in [0.2, 0.25) is 0 Å². The minimum absolute atomic E-state index is 0.0954. The van der Waals surface area contributed by atoms with Crippen molar-refractivity contribution in [3.8, 4) is 12.3 Å². The summed E-state index contributed by atoms with van der Waals surface area (Å²) in [5.74, 6) is 6.87. The smallest absolute Gasteiger partial charge is 0.244 e. The van der Waals surface area contributed by atoms with Crippen LogP contribution in [-0.4, -0.2) is 22.4 Å². The van der Waals surface area contributed by atoms with Crippen LogP contribution in [0.1, 0.15) is 0 Å². The molecule has 0 saturated carbocycles. The van der Waals surface area contributed by atoms with Crippen LogP contribution < -0.4 is 5.84 Å². The SMILES string of the molecule is C#CCN(N)C1=CC(=C)C=C(O)C1=O. The summed E-state index contributed by atoms with van der Waals surface area (Å²) in [5.41, 5.74) is 0.650. The maximum absolute atomic E-state index is 11.4. The van der Waals surface area contributed by atoms with E-state index >= 15 is 0 Å². The van der Waals surface area contributed by atoms with Gasteiger partial charge in [0.1, 0.15) is 5.70 Å². The Morgan fingerprint density at radius 2 is 2.29 bits per heavy atom. The van der Waals surface area contributed by atoms with Crippen molar-refractivity contribution in [3.05, 3.63) is 35.8 Å². The Kier molecular flexibility index (Phi) is 2.75. The Bertz CT molecular complexity index is 385. The fourth-order valence-corrected chi connectivity index (χ4v) is 1.05. The molecule has 1 rings (SSSR count). The molecule has 0 atom stereocenters. The number of terminal acetylenes is 1. The number of carbonyl (C=O) groups excluding carboxylic acids is 1. The molecular weight excluding hydrogens is 180 g/mol. The summed E-state index contributed by atoms with van der Waals surface area (Å²) in [6.07, 6.45) is 7.79. The van der Waals surface area contributed by atoms with Crippen molar-refractivity contribution in [2.24, 2.45) is 5.84 Å². The van der Waals surface area contributed by atoms with E-state index in [4.69, 9.17) is 12.3 Å². The third-order valence-corrected chi connectivity index (χ3v) is 1.68. The van der Waals surface area contributed by atoms with E-state index < -0.39 is 5.78 Å². The Morgan fingerprint density at radius 1 is 1.64 bits per heavy atom. The van der Waals surface area contributed by atoms with E-state index in [0.717, 1.165) is 5.01 Å². The first kappa shape index (κ1) is 10.1. The zero-order valence-electron chi connectivity index (χ0n) is 7.53. The van der Waals surface area contributed by atoms with E-state index in [1.54, 1.807) is 0 Å². The molecule has 0 radical (unpaired) electrons. The van der Waals surface area contributed by atoms with Gasteiger partial charge in [0.2, 0.25) is 5.78 Å². The largest absolute Gasteiger partial charge is 0.504 e. The second-order valence-corrected chi connectivity index (χ2v) is 2.80. The molecule has 14 heavy (non-hydrogen) atoms. The Hall–Kier alpha value is -1.99. The van der Waals surface area contributed by atoms with Gasteiger partial charge in [-0.3, -0.25) is 9.80 Å². The number of ketones is 1. The highest BCUT2D eigenvalue weighted by Gasteiger charge is 2.21. The molecule has 72 valence electrons. The Balaban J connectivity index is 2.95. The van der Waals surface area contributed by atoms with E-state index in [0.29, 0.717) is 5.57 Å². The van der Waals surface area contributed by atoms with Gasteiger partial charge in [-0.1, -0.05) is 12.5 Å². The van der Waals surface area contributed by atoms with Gasteiger partial charge in [-0.2, -0.15) is 0 Å². The minimum atomic E-state index is -0.546. The first-order valence-electron chi connectivity index (χ1n) is 3.88. The van der Waals surface area contributed by atoms with Crippen LogP contribution in [0.3, 0.4) is 0 Å². The van der Waals surface area contributed by atoms with Gasteiger partial charge in [0.05, 0.1) is 6.54 Å². The van der Waals surface area contributed by atoms with E-state index in [1.165, 1.54) is 12.2 Å². The van der Waals surface area contributed by atoms with Crippen molar-refractivity contribution in [2.45, 2.75) is 0 Å². The number of aliphatic hydroxyl groups excluding tert-OH is 1. The molecule has 0 aromatic heterocycles. The van der Waals surface area contributed by atoms with Gasteiger partial charge < -0.3 is 5.11 Å². The van der Waals surface area contributed by atoms with E-state index in [-0.39, 0.29) is 18.0 Å². The van der Waals surface area contributed by atoms with E-state index in [1.807, 2.05) is 0 Å². The predicted molar refractivity (Wildman–Crippen MR) is 52.7 cm³/mol. The monoisotopic (exact) mass is 190 g/mol. The predicted octanol–water partition coefficient (Wildman–Crippen LogP) is 0.260. The summed E-state index contributed by atoms with van der Waals surface area (Å²) in [5, 5.41) is 10.3. The standard InChI is InChI=1S/C10H10N2O2/c1-3-4-12(11)8-5-7(2)6-9(13)10(8)14/h1,5-6,13H,2,4,11H2. The molecule has 4 nitrogen and oxygen atoms in total. The summed E-state index contributed by atoms with van der Waals surface area (Å²) in [6.45, 7) is 3.69. The number of carbonyl (C=O) groups is 1. The summed E-state index contributed by atoms with van der Waals surface area (Å²) in [4.78, 5) is 11.4. The van der Waals surface area contributed by atoms with Gasteiger partial charge in [0.25, 0.3) is 0 Å². The molecule has 0 aromatic carbocycles. The average Bonchev–Trinajstić information content (AvgIpc) is 2.11. The highest BCUT2D eigenvalue weighted by atomic mass is 16.3. The summed E-state index contributed by atoms with van der Waals surface area (Å²) in [7, 11) is 0. The number of hydrogen-bond acceptors (Lipinski definition) is 4. The molecule has 0 unspecified atom stereocenters. The van der Waals surface area contributed by atoms with Crippen molar-refractivity contribution in [3.63, 3.8) is 0 Å². The van der Waals surface area contributed by atoms with Crippen LogP contribution in [0.5, 0.6) is 0 Å². The van der Waals surface area contributed by atoms with Crippen LogP contribution in [0.15, 0.2) is 35.8 Å². The second-order valence-electron chi connectivity index (χ2n) is 2.80. The highest BCUT2D eigenvalue weighted by molar-refractivity contribution is 6.08. The van der Waals surface area contributed by atoms with Crippen LogP contribution in [0.25, 0.3) is 0 Å². The molecule has 0 aliphatic heterocycles. The van der Waals surface area contributed by atoms with Gasteiger partial charge >= 0.3 is 0 Å². The van der Waals surface area contributed by atoms with Crippen molar-refractivity contribution in [1.29, 1.82) is 0 Å². The fraction of sp³-hybridized carbons (Fsp3) is 0.100. The Morgan fingerprint density at radius 3 is 2.86 bits per heavy atom. The number of rotatable bonds is 2. The molecule has 1 aliphatic rings. The lowest BCUT2D eigenvalue weighted by molar-refractivity contribution is -0.116. The molecule has 0 fully saturated rings. The number of aliphatic hydroxyl groups is 1.